The van der Waals surface area contributed by atoms with E-state index in [9.17, 15) is 19.2 Å². The number of ketones is 2. The molecule has 1 fully saturated rings. The van der Waals surface area contributed by atoms with Crippen LogP contribution >= 0.6 is 0 Å². The number of aldehydes is 1. The van der Waals surface area contributed by atoms with Gasteiger partial charge in [-0.2, -0.15) is 0 Å². The smallest absolute Gasteiger partial charge is 0.209 e. The van der Waals surface area contributed by atoms with Gasteiger partial charge < -0.3 is 9.80 Å². The second-order valence-electron chi connectivity index (χ2n) is 8.43. The normalized spacial score (nSPS) is 13.0. The molecule has 0 aromatic heterocycles. The second kappa shape index (κ2) is 16.5. The third kappa shape index (κ3) is 12.2. The van der Waals surface area contributed by atoms with E-state index in [4.69, 9.17) is 0 Å². The molecule has 1 amide bonds. The molecule has 0 radical (unpaired) electrons. The Labute approximate surface area is 203 Å². The van der Waals surface area contributed by atoms with Crippen LogP contribution in [0, 0.1) is 6.92 Å². The first kappa shape index (κ1) is 28.9. The van der Waals surface area contributed by atoms with Crippen molar-refractivity contribution in [3.63, 3.8) is 0 Å². The Bertz CT molecular complexity index is 884. The minimum Gasteiger partial charge on any atom is -0.343 e. The third-order valence-electron chi connectivity index (χ3n) is 5.51. The number of hydrogen-bond donors (Lipinski definition) is 0. The molecule has 2 aromatic rings. The average molecular weight is 467 g/mol. The number of piperazine rings is 1. The fraction of sp³-hybridized carbons (Fsp3) is 0.429. The molecule has 0 atom stereocenters. The maximum Gasteiger partial charge on any atom is 0.209 e. The molecule has 0 aliphatic carbocycles. The van der Waals surface area contributed by atoms with Crippen LogP contribution in [0.2, 0.25) is 0 Å². The van der Waals surface area contributed by atoms with Crippen molar-refractivity contribution >= 4 is 24.3 Å². The van der Waals surface area contributed by atoms with Gasteiger partial charge in [-0.1, -0.05) is 67.9 Å². The number of hydrogen-bond acceptors (Lipinski definition) is 5. The van der Waals surface area contributed by atoms with E-state index in [1.807, 2.05) is 57.2 Å². The van der Waals surface area contributed by atoms with Crippen LogP contribution in [-0.4, -0.2) is 67.3 Å². The van der Waals surface area contributed by atoms with Crippen molar-refractivity contribution in [3.05, 3.63) is 70.8 Å². The summed E-state index contributed by atoms with van der Waals surface area (Å²) in [6, 6.07) is 15.2. The highest BCUT2D eigenvalue weighted by atomic mass is 16.1. The molecule has 3 rings (SSSR count). The first-order valence-corrected chi connectivity index (χ1v) is 11.8. The lowest BCUT2D eigenvalue weighted by Crippen LogP contribution is -2.43. The summed E-state index contributed by atoms with van der Waals surface area (Å²) >= 11 is 0. The van der Waals surface area contributed by atoms with Crippen molar-refractivity contribution in [2.75, 3.05) is 33.2 Å². The molecular formula is C28H38N2O4. The zero-order valence-electron chi connectivity index (χ0n) is 21.0. The van der Waals surface area contributed by atoms with E-state index in [1.165, 1.54) is 5.56 Å². The summed E-state index contributed by atoms with van der Waals surface area (Å²) in [5.74, 6) is 0.526. The largest absolute Gasteiger partial charge is 0.343 e. The number of carbonyl (C=O) groups excluding carboxylic acids is 4. The lowest BCUT2D eigenvalue weighted by atomic mass is 10.1. The molecular weight excluding hydrogens is 428 g/mol. The molecule has 6 nitrogen and oxygen atoms in total. The van der Waals surface area contributed by atoms with Gasteiger partial charge >= 0.3 is 0 Å². The number of Topliss-reactive ketones (excluding diaryl/α,β-unsaturated/α-hetero) is 2. The lowest BCUT2D eigenvalue weighted by Gasteiger charge is -2.29. The molecule has 1 aliphatic heterocycles. The number of amides is 1. The van der Waals surface area contributed by atoms with E-state index < -0.39 is 0 Å². The minimum atomic E-state index is 0.221. The minimum absolute atomic E-state index is 0.221. The van der Waals surface area contributed by atoms with Crippen LogP contribution in [0.3, 0.4) is 0 Å². The van der Waals surface area contributed by atoms with Crippen molar-refractivity contribution in [3.8, 4) is 0 Å². The molecule has 0 N–H and O–H groups in total. The first-order valence-electron chi connectivity index (χ1n) is 11.8. The maximum atomic E-state index is 11.1. The van der Waals surface area contributed by atoms with Crippen molar-refractivity contribution < 1.29 is 19.2 Å². The maximum absolute atomic E-state index is 11.1. The molecule has 0 spiro atoms. The number of rotatable bonds is 8. The lowest BCUT2D eigenvalue weighted by molar-refractivity contribution is -0.120. The monoisotopic (exact) mass is 466 g/mol. The van der Waals surface area contributed by atoms with Crippen LogP contribution < -0.4 is 0 Å². The Morgan fingerprint density at radius 2 is 1.21 bits per heavy atom. The average Bonchev–Trinajstić information content (AvgIpc) is 2.87. The standard InChI is InChI=1S/C11H12O2.C11H14O.C6H12N2O/c1-2-11(13)7-9-3-5-10(8-12)6-4-9;1-3-11(12)8-10-6-4-9(2)5-7-10;1-7-2-4-8(6-9)5-3-7/h3-6,8H,2,7H2,1H3;4-7H,3,8H2,1-2H3;6H,2-5H2,1H3. The number of carbonyl (C=O) groups is 4. The van der Waals surface area contributed by atoms with Gasteiger partial charge in [0.15, 0.2) is 0 Å². The number of aryl methyl sites for hydroxylation is 1. The Morgan fingerprint density at radius 3 is 1.59 bits per heavy atom. The highest BCUT2D eigenvalue weighted by molar-refractivity contribution is 5.81. The van der Waals surface area contributed by atoms with Gasteiger partial charge in [-0.3, -0.25) is 19.2 Å². The van der Waals surface area contributed by atoms with Gasteiger partial charge in [0.1, 0.15) is 17.9 Å². The van der Waals surface area contributed by atoms with Crippen LogP contribution in [-0.2, 0) is 27.2 Å². The van der Waals surface area contributed by atoms with Gasteiger partial charge in [-0.05, 0) is 25.1 Å². The molecule has 1 aliphatic rings. The van der Waals surface area contributed by atoms with Gasteiger partial charge in [0.2, 0.25) is 6.41 Å². The quantitative estimate of drug-likeness (QED) is 0.551. The summed E-state index contributed by atoms with van der Waals surface area (Å²) in [6.45, 7) is 9.60. The van der Waals surface area contributed by atoms with Crippen LogP contribution in [0.1, 0.15) is 53.7 Å². The molecule has 6 heteroatoms. The SMILES string of the molecule is CCC(=O)Cc1ccc(C)cc1.CCC(=O)Cc1ccc(C=O)cc1.CN1CCN(C=O)CC1. The summed E-state index contributed by atoms with van der Waals surface area (Å²) in [5.41, 5.74) is 3.97. The van der Waals surface area contributed by atoms with E-state index in [1.54, 1.807) is 17.0 Å². The Morgan fingerprint density at radius 1 is 0.765 bits per heavy atom. The Kier molecular flexibility index (Phi) is 14.0. The predicted octanol–water partition coefficient (Wildman–Crippen LogP) is 3.93. The molecule has 0 bridgehead atoms. The van der Waals surface area contributed by atoms with Crippen molar-refractivity contribution in [2.24, 2.45) is 0 Å². The number of nitrogens with zero attached hydrogens (tertiary/aromatic N) is 2. The summed E-state index contributed by atoms with van der Waals surface area (Å²) in [4.78, 5) is 46.7. The molecule has 1 saturated heterocycles. The van der Waals surface area contributed by atoms with Gasteiger partial charge in [0.05, 0.1) is 0 Å². The summed E-state index contributed by atoms with van der Waals surface area (Å²) in [6.07, 6.45) is 3.97. The van der Waals surface area contributed by atoms with E-state index >= 15 is 0 Å². The number of likely N-dealkylation sites (N-methyl/N-ethyl adjacent to an activating group) is 1. The Balaban J connectivity index is 0.000000259. The van der Waals surface area contributed by atoms with E-state index in [0.29, 0.717) is 37.0 Å². The van der Waals surface area contributed by atoms with E-state index in [2.05, 4.69) is 11.9 Å². The Hall–Kier alpha value is -3.12. The fourth-order valence-corrected chi connectivity index (χ4v) is 3.05. The topological polar surface area (TPSA) is 74.8 Å². The van der Waals surface area contributed by atoms with Gasteiger partial charge in [-0.25, -0.2) is 0 Å². The molecule has 1 heterocycles. The van der Waals surface area contributed by atoms with Gasteiger partial charge in [0, 0.05) is 57.4 Å². The third-order valence-corrected chi connectivity index (χ3v) is 5.51. The van der Waals surface area contributed by atoms with E-state index in [-0.39, 0.29) is 5.78 Å². The molecule has 184 valence electrons. The zero-order chi connectivity index (χ0) is 25.3. The van der Waals surface area contributed by atoms with Crippen LogP contribution in [0.15, 0.2) is 48.5 Å². The molecule has 0 unspecified atom stereocenters. The molecule has 34 heavy (non-hydrogen) atoms. The second-order valence-corrected chi connectivity index (χ2v) is 8.43. The van der Waals surface area contributed by atoms with Crippen molar-refractivity contribution in [1.29, 1.82) is 0 Å². The van der Waals surface area contributed by atoms with Crippen molar-refractivity contribution in [1.82, 2.24) is 9.80 Å². The van der Waals surface area contributed by atoms with Crippen LogP contribution in [0.25, 0.3) is 0 Å². The highest BCUT2D eigenvalue weighted by Gasteiger charge is 2.10. The summed E-state index contributed by atoms with van der Waals surface area (Å²) in [7, 11) is 2.07. The predicted molar refractivity (Wildman–Crippen MR) is 136 cm³/mol. The summed E-state index contributed by atoms with van der Waals surface area (Å²) < 4.78 is 0. The van der Waals surface area contributed by atoms with Crippen molar-refractivity contribution in [2.45, 2.75) is 46.5 Å². The summed E-state index contributed by atoms with van der Waals surface area (Å²) in [5, 5.41) is 0. The van der Waals surface area contributed by atoms with Gasteiger partial charge in [-0.15, -0.1) is 0 Å². The van der Waals surface area contributed by atoms with E-state index in [0.717, 1.165) is 50.0 Å². The highest BCUT2D eigenvalue weighted by Crippen LogP contribution is 2.05. The van der Waals surface area contributed by atoms with Crippen LogP contribution in [0.5, 0.6) is 0 Å². The van der Waals surface area contributed by atoms with Crippen LogP contribution in [0.4, 0.5) is 0 Å². The first-order chi connectivity index (χ1) is 16.3. The van der Waals surface area contributed by atoms with Gasteiger partial charge in [0.25, 0.3) is 0 Å². The number of benzene rings is 2. The fourth-order valence-electron chi connectivity index (χ4n) is 3.05. The molecule has 0 saturated carbocycles. The molecule has 2 aromatic carbocycles. The zero-order valence-corrected chi connectivity index (χ0v) is 21.0.